The zero-order valence-corrected chi connectivity index (χ0v) is 16.7. The maximum absolute atomic E-state index is 12.5. The van der Waals surface area contributed by atoms with Crippen LogP contribution in [0, 0.1) is 11.3 Å². The van der Waals surface area contributed by atoms with E-state index >= 15 is 0 Å². The van der Waals surface area contributed by atoms with E-state index in [9.17, 15) is 9.59 Å². The molecule has 5 nitrogen and oxygen atoms in total. The summed E-state index contributed by atoms with van der Waals surface area (Å²) in [6.07, 6.45) is 1.75. The van der Waals surface area contributed by atoms with Gasteiger partial charge in [0.05, 0.1) is 12.0 Å². The summed E-state index contributed by atoms with van der Waals surface area (Å²) in [6.45, 7) is 16.6. The predicted octanol–water partition coefficient (Wildman–Crippen LogP) is 4.39. The van der Waals surface area contributed by atoms with Crippen LogP contribution in [0.3, 0.4) is 0 Å². The molecular formula is C19H35NO4. The molecule has 1 heterocycles. The van der Waals surface area contributed by atoms with Gasteiger partial charge in [-0.05, 0) is 46.5 Å². The summed E-state index contributed by atoms with van der Waals surface area (Å²) in [5.74, 6) is 0.0349. The van der Waals surface area contributed by atoms with Crippen molar-refractivity contribution in [3.63, 3.8) is 0 Å². The van der Waals surface area contributed by atoms with Crippen LogP contribution in [0.2, 0.25) is 0 Å². The molecule has 1 fully saturated rings. The first kappa shape index (κ1) is 20.8. The summed E-state index contributed by atoms with van der Waals surface area (Å²) >= 11 is 0. The number of likely N-dealkylation sites (tertiary alicyclic amines) is 1. The fourth-order valence-electron chi connectivity index (χ4n) is 2.33. The minimum atomic E-state index is -0.593. The second-order valence-corrected chi connectivity index (χ2v) is 8.46. The van der Waals surface area contributed by atoms with Gasteiger partial charge in [0, 0.05) is 13.0 Å². The van der Waals surface area contributed by atoms with E-state index in [4.69, 9.17) is 9.47 Å². The molecule has 0 spiro atoms. The molecule has 24 heavy (non-hydrogen) atoms. The van der Waals surface area contributed by atoms with Gasteiger partial charge in [-0.25, -0.2) is 4.79 Å². The lowest BCUT2D eigenvalue weighted by atomic mass is 9.89. The topological polar surface area (TPSA) is 55.8 Å². The molecule has 0 bridgehead atoms. The molecule has 1 aliphatic heterocycles. The number of carbonyl (C=O) groups excluding carboxylic acids is 2. The molecule has 0 aromatic rings. The molecule has 1 unspecified atom stereocenters. The van der Waals surface area contributed by atoms with E-state index in [1.165, 1.54) is 0 Å². The predicted molar refractivity (Wildman–Crippen MR) is 94.8 cm³/mol. The van der Waals surface area contributed by atoms with Gasteiger partial charge in [0.15, 0.2) is 0 Å². The molecule has 0 aromatic heterocycles. The zero-order valence-electron chi connectivity index (χ0n) is 16.7. The lowest BCUT2D eigenvalue weighted by Crippen LogP contribution is -2.44. The van der Waals surface area contributed by atoms with Crippen molar-refractivity contribution >= 4 is 12.1 Å². The molecule has 1 atom stereocenters. The largest absolute Gasteiger partial charge is 0.457 e. The maximum Gasteiger partial charge on any atom is 0.410 e. The van der Waals surface area contributed by atoms with Crippen LogP contribution in [0.5, 0.6) is 0 Å². The maximum atomic E-state index is 12.5. The summed E-state index contributed by atoms with van der Waals surface area (Å²) in [6, 6.07) is 0. The highest BCUT2D eigenvalue weighted by atomic mass is 16.6. The van der Waals surface area contributed by atoms with E-state index in [-0.39, 0.29) is 18.0 Å². The molecule has 0 saturated carbocycles. The van der Waals surface area contributed by atoms with Crippen LogP contribution in [0.25, 0.3) is 0 Å². The third-order valence-electron chi connectivity index (χ3n) is 5.71. The Hall–Kier alpha value is -1.26. The number of amides is 1. The van der Waals surface area contributed by atoms with Crippen molar-refractivity contribution in [2.24, 2.45) is 11.3 Å². The first-order valence-corrected chi connectivity index (χ1v) is 9.10. The highest BCUT2D eigenvalue weighted by Gasteiger charge is 2.45. The molecular weight excluding hydrogens is 306 g/mol. The van der Waals surface area contributed by atoms with E-state index in [2.05, 4.69) is 0 Å². The number of carbonyl (C=O) groups is 2. The number of ether oxygens (including phenoxy) is 2. The smallest absolute Gasteiger partial charge is 0.410 e. The van der Waals surface area contributed by atoms with Crippen LogP contribution < -0.4 is 0 Å². The number of nitrogens with zero attached hydrogens (tertiary/aromatic N) is 1. The van der Waals surface area contributed by atoms with Gasteiger partial charge in [0.1, 0.15) is 11.2 Å². The Kier molecular flexibility index (Phi) is 6.34. The summed E-state index contributed by atoms with van der Waals surface area (Å²) in [4.78, 5) is 26.6. The monoisotopic (exact) mass is 341 g/mol. The van der Waals surface area contributed by atoms with Gasteiger partial charge < -0.3 is 14.4 Å². The van der Waals surface area contributed by atoms with E-state index in [0.717, 1.165) is 6.42 Å². The minimum Gasteiger partial charge on any atom is -0.457 e. The van der Waals surface area contributed by atoms with Crippen LogP contribution in [0.4, 0.5) is 4.79 Å². The molecule has 1 saturated heterocycles. The fraction of sp³-hybridized carbons (Fsp3) is 0.895. The van der Waals surface area contributed by atoms with E-state index in [1.807, 2.05) is 55.4 Å². The second kappa shape index (κ2) is 7.32. The number of rotatable bonds is 6. The molecule has 140 valence electrons. The third kappa shape index (κ3) is 4.64. The molecule has 0 radical (unpaired) electrons. The summed E-state index contributed by atoms with van der Waals surface area (Å²) < 4.78 is 11.5. The number of hydrogen-bond acceptors (Lipinski definition) is 4. The minimum absolute atomic E-state index is 0.190. The highest BCUT2D eigenvalue weighted by molar-refractivity contribution is 5.76. The summed E-state index contributed by atoms with van der Waals surface area (Å²) in [5, 5.41) is 0. The average molecular weight is 341 g/mol. The first-order valence-electron chi connectivity index (χ1n) is 9.10. The number of esters is 1. The van der Waals surface area contributed by atoms with E-state index in [0.29, 0.717) is 25.9 Å². The van der Waals surface area contributed by atoms with Crippen LogP contribution >= 0.6 is 0 Å². The summed E-state index contributed by atoms with van der Waals surface area (Å²) in [5.41, 5.74) is -1.62. The Balaban J connectivity index is 2.77. The Morgan fingerprint density at radius 2 is 1.75 bits per heavy atom. The third-order valence-corrected chi connectivity index (χ3v) is 5.71. The van der Waals surface area contributed by atoms with Crippen molar-refractivity contribution in [2.75, 3.05) is 13.1 Å². The zero-order chi connectivity index (χ0) is 18.8. The van der Waals surface area contributed by atoms with Gasteiger partial charge in [-0.2, -0.15) is 0 Å². The van der Waals surface area contributed by atoms with Crippen LogP contribution in [-0.4, -0.2) is 41.3 Å². The molecule has 5 heteroatoms. The quantitative estimate of drug-likeness (QED) is 0.672. The van der Waals surface area contributed by atoms with E-state index in [1.54, 1.807) is 4.90 Å². The Labute approximate surface area is 147 Å². The molecule has 0 N–H and O–H groups in total. The van der Waals surface area contributed by atoms with Gasteiger partial charge in [0.2, 0.25) is 0 Å². The van der Waals surface area contributed by atoms with Crippen LogP contribution in [0.1, 0.15) is 74.7 Å². The Bertz CT molecular complexity index is 470. The van der Waals surface area contributed by atoms with Crippen molar-refractivity contribution in [1.29, 1.82) is 0 Å². The fourth-order valence-corrected chi connectivity index (χ4v) is 2.33. The normalized spacial score (nSPS) is 22.0. The Morgan fingerprint density at radius 3 is 2.21 bits per heavy atom. The van der Waals surface area contributed by atoms with Crippen molar-refractivity contribution < 1.29 is 19.1 Å². The van der Waals surface area contributed by atoms with E-state index < -0.39 is 16.6 Å². The van der Waals surface area contributed by atoms with Gasteiger partial charge >= 0.3 is 12.1 Å². The van der Waals surface area contributed by atoms with Crippen LogP contribution in [-0.2, 0) is 14.3 Å². The lowest BCUT2D eigenvalue weighted by molar-refractivity contribution is -0.170. The van der Waals surface area contributed by atoms with Crippen molar-refractivity contribution in [3.05, 3.63) is 0 Å². The van der Waals surface area contributed by atoms with Gasteiger partial charge in [-0.3, -0.25) is 4.79 Å². The number of hydrogen-bond donors (Lipinski definition) is 0. The molecule has 1 aliphatic rings. The van der Waals surface area contributed by atoms with Gasteiger partial charge in [-0.1, -0.05) is 27.7 Å². The SMILES string of the molecule is CCC1(OC(=O)C(C)(C)CC)CCN(C(=O)OC(C)(C)C(C)C)C1. The van der Waals surface area contributed by atoms with Gasteiger partial charge in [-0.15, -0.1) is 0 Å². The lowest BCUT2D eigenvalue weighted by Gasteiger charge is -2.34. The second-order valence-electron chi connectivity index (χ2n) is 8.46. The van der Waals surface area contributed by atoms with Crippen molar-refractivity contribution in [3.8, 4) is 0 Å². The molecule has 1 rings (SSSR count). The molecule has 0 aromatic carbocycles. The Morgan fingerprint density at radius 1 is 1.17 bits per heavy atom. The molecule has 0 aliphatic carbocycles. The molecule has 1 amide bonds. The summed E-state index contributed by atoms with van der Waals surface area (Å²) in [7, 11) is 0. The highest BCUT2D eigenvalue weighted by Crippen LogP contribution is 2.34. The first-order chi connectivity index (χ1) is 10.9. The standard InChI is InChI=1S/C19H35NO4/c1-9-17(5,6)15(21)23-19(10-2)11-12-20(13-19)16(22)24-18(7,8)14(3)4/h14H,9-13H2,1-8H3. The van der Waals surface area contributed by atoms with Crippen LogP contribution in [0.15, 0.2) is 0 Å². The van der Waals surface area contributed by atoms with Crippen molar-refractivity contribution in [2.45, 2.75) is 85.9 Å². The van der Waals surface area contributed by atoms with Crippen molar-refractivity contribution in [1.82, 2.24) is 4.90 Å². The van der Waals surface area contributed by atoms with Gasteiger partial charge in [0.25, 0.3) is 0 Å². The average Bonchev–Trinajstić information content (AvgIpc) is 2.91.